The molecule has 0 aliphatic rings. The Balaban J connectivity index is 4.28. The number of carbonyl (C=O) groups excluding carboxylic acids is 2. The van der Waals surface area contributed by atoms with Gasteiger partial charge in [0.25, 0.3) is 0 Å². The Morgan fingerprint density at radius 3 is 1.43 bits per heavy atom. The van der Waals surface area contributed by atoms with Crippen LogP contribution in [0.15, 0.2) is 0 Å². The predicted octanol–water partition coefficient (Wildman–Crippen LogP) is -1.17. The monoisotopic (exact) mass is 206 g/mol. The van der Waals surface area contributed by atoms with Gasteiger partial charge in [0, 0.05) is 13.8 Å². The molecule has 0 rings (SSSR count). The Hall–Kier alpha value is -1.14. The molecular weight excluding hydrogens is 192 g/mol. The number of hydrogen-bond donors (Lipinski definition) is 2. The molecule has 0 aliphatic carbocycles. The topological polar surface area (TPSA) is 93.1 Å². The summed E-state index contributed by atoms with van der Waals surface area (Å²) in [6.07, 6.45) is -2.05. The van der Waals surface area contributed by atoms with Crippen molar-refractivity contribution in [1.82, 2.24) is 0 Å². The Bertz CT molecular complexity index is 180. The van der Waals surface area contributed by atoms with Crippen molar-refractivity contribution in [3.05, 3.63) is 0 Å². The van der Waals surface area contributed by atoms with Crippen molar-refractivity contribution < 1.29 is 29.3 Å². The Labute approximate surface area is 81.4 Å². The molecule has 2 atom stereocenters. The zero-order chi connectivity index (χ0) is 11.1. The highest BCUT2D eigenvalue weighted by Crippen LogP contribution is 2.04. The minimum absolute atomic E-state index is 0.516. The van der Waals surface area contributed by atoms with Crippen molar-refractivity contribution in [1.29, 1.82) is 0 Å². The molecule has 6 heteroatoms. The van der Waals surface area contributed by atoms with E-state index in [0.717, 1.165) is 13.8 Å². The first-order valence-electron chi connectivity index (χ1n) is 4.07. The first kappa shape index (κ1) is 12.9. The first-order chi connectivity index (χ1) is 6.51. The molecule has 0 aromatic carbocycles. The van der Waals surface area contributed by atoms with Crippen LogP contribution in [0.3, 0.4) is 0 Å². The molecule has 0 fully saturated rings. The van der Waals surface area contributed by atoms with Crippen molar-refractivity contribution >= 4 is 11.9 Å². The zero-order valence-corrected chi connectivity index (χ0v) is 8.10. The van der Waals surface area contributed by atoms with E-state index in [2.05, 4.69) is 9.47 Å². The molecule has 0 bridgehead atoms. The van der Waals surface area contributed by atoms with Gasteiger partial charge in [0.2, 0.25) is 0 Å². The minimum atomic E-state index is -1.03. The molecule has 6 nitrogen and oxygen atoms in total. The summed E-state index contributed by atoms with van der Waals surface area (Å²) >= 11 is 0. The number of aliphatic hydroxyl groups excluding tert-OH is 2. The van der Waals surface area contributed by atoms with Crippen LogP contribution in [0.25, 0.3) is 0 Å². The van der Waals surface area contributed by atoms with Gasteiger partial charge in [-0.3, -0.25) is 9.59 Å². The van der Waals surface area contributed by atoms with Crippen LogP contribution < -0.4 is 0 Å². The molecule has 0 heterocycles. The molecule has 82 valence electrons. The summed E-state index contributed by atoms with van der Waals surface area (Å²) in [5.74, 6) is -1.23. The standard InChI is InChI=1S/C8H14O6/c1-5(11)13-7(3-9)8(4-10)14-6(2)12/h7-10H,3-4H2,1-2H3. The third kappa shape index (κ3) is 4.78. The van der Waals surface area contributed by atoms with Gasteiger partial charge in [0.15, 0.2) is 12.2 Å². The number of esters is 2. The van der Waals surface area contributed by atoms with E-state index in [1.54, 1.807) is 0 Å². The fraction of sp³-hybridized carbons (Fsp3) is 0.750. The SMILES string of the molecule is CC(=O)OC(CO)C(CO)OC(C)=O. The molecule has 0 saturated carbocycles. The van der Waals surface area contributed by atoms with E-state index >= 15 is 0 Å². The van der Waals surface area contributed by atoms with E-state index in [1.807, 2.05) is 0 Å². The minimum Gasteiger partial charge on any atom is -0.456 e. The lowest BCUT2D eigenvalue weighted by Gasteiger charge is -2.22. The van der Waals surface area contributed by atoms with E-state index in [9.17, 15) is 9.59 Å². The molecule has 14 heavy (non-hydrogen) atoms. The first-order valence-corrected chi connectivity index (χ1v) is 4.07. The van der Waals surface area contributed by atoms with Gasteiger partial charge in [0.05, 0.1) is 13.2 Å². The molecule has 0 saturated heterocycles. The molecule has 2 unspecified atom stereocenters. The Morgan fingerprint density at radius 1 is 1.00 bits per heavy atom. The second-order valence-electron chi connectivity index (χ2n) is 2.66. The summed E-state index contributed by atoms with van der Waals surface area (Å²) < 4.78 is 9.25. The lowest BCUT2D eigenvalue weighted by molar-refractivity contribution is -0.171. The molecule has 0 amide bonds. The van der Waals surface area contributed by atoms with Crippen molar-refractivity contribution in [2.45, 2.75) is 26.1 Å². The molecule has 0 radical (unpaired) electrons. The normalized spacial score (nSPS) is 14.3. The highest BCUT2D eigenvalue weighted by Gasteiger charge is 2.25. The number of carbonyl (C=O) groups is 2. The molecule has 0 spiro atoms. The van der Waals surface area contributed by atoms with E-state index in [-0.39, 0.29) is 0 Å². The van der Waals surface area contributed by atoms with Crippen LogP contribution in [0.2, 0.25) is 0 Å². The van der Waals surface area contributed by atoms with Crippen LogP contribution in [-0.2, 0) is 19.1 Å². The van der Waals surface area contributed by atoms with Gasteiger partial charge in [-0.1, -0.05) is 0 Å². The van der Waals surface area contributed by atoms with Gasteiger partial charge >= 0.3 is 11.9 Å². The third-order valence-electron chi connectivity index (χ3n) is 1.41. The van der Waals surface area contributed by atoms with Gasteiger partial charge in [-0.2, -0.15) is 0 Å². The van der Waals surface area contributed by atoms with Crippen molar-refractivity contribution in [2.75, 3.05) is 13.2 Å². The van der Waals surface area contributed by atoms with Crippen molar-refractivity contribution in [2.24, 2.45) is 0 Å². The van der Waals surface area contributed by atoms with Crippen LogP contribution in [-0.4, -0.2) is 47.6 Å². The van der Waals surface area contributed by atoms with Gasteiger partial charge in [-0.05, 0) is 0 Å². The molecular formula is C8H14O6. The quantitative estimate of drug-likeness (QED) is 0.551. The third-order valence-corrected chi connectivity index (χ3v) is 1.41. The zero-order valence-electron chi connectivity index (χ0n) is 8.10. The molecule has 0 aromatic rings. The number of rotatable bonds is 5. The largest absolute Gasteiger partial charge is 0.456 e. The summed E-state index contributed by atoms with van der Waals surface area (Å²) in [6.45, 7) is 1.28. The average Bonchev–Trinajstić information content (AvgIpc) is 2.10. The summed E-state index contributed by atoms with van der Waals surface area (Å²) in [5, 5.41) is 17.6. The Morgan fingerprint density at radius 2 is 1.29 bits per heavy atom. The average molecular weight is 206 g/mol. The maximum Gasteiger partial charge on any atom is 0.303 e. The lowest BCUT2D eigenvalue weighted by Crippen LogP contribution is -2.39. The predicted molar refractivity (Wildman–Crippen MR) is 45.3 cm³/mol. The summed E-state index contributed by atoms with van der Waals surface area (Å²) in [5.41, 5.74) is 0. The fourth-order valence-electron chi connectivity index (χ4n) is 0.888. The van der Waals surface area contributed by atoms with Crippen LogP contribution >= 0.6 is 0 Å². The van der Waals surface area contributed by atoms with Crippen LogP contribution in [0.4, 0.5) is 0 Å². The van der Waals surface area contributed by atoms with E-state index in [4.69, 9.17) is 10.2 Å². The number of aliphatic hydroxyl groups is 2. The van der Waals surface area contributed by atoms with Crippen molar-refractivity contribution in [3.63, 3.8) is 0 Å². The maximum atomic E-state index is 10.6. The fourth-order valence-corrected chi connectivity index (χ4v) is 0.888. The van der Waals surface area contributed by atoms with E-state index in [1.165, 1.54) is 0 Å². The van der Waals surface area contributed by atoms with Gasteiger partial charge in [-0.25, -0.2) is 0 Å². The second kappa shape index (κ2) is 6.33. The molecule has 0 aromatic heterocycles. The number of hydrogen-bond acceptors (Lipinski definition) is 6. The van der Waals surface area contributed by atoms with E-state index < -0.39 is 37.4 Å². The van der Waals surface area contributed by atoms with Crippen LogP contribution in [0, 0.1) is 0 Å². The summed E-state index contributed by atoms with van der Waals surface area (Å²) in [6, 6.07) is 0. The van der Waals surface area contributed by atoms with Gasteiger partial charge in [-0.15, -0.1) is 0 Å². The van der Waals surface area contributed by atoms with Crippen LogP contribution in [0.1, 0.15) is 13.8 Å². The van der Waals surface area contributed by atoms with Crippen LogP contribution in [0.5, 0.6) is 0 Å². The highest BCUT2D eigenvalue weighted by molar-refractivity contribution is 5.67. The van der Waals surface area contributed by atoms with Crippen molar-refractivity contribution in [3.8, 4) is 0 Å². The number of ether oxygens (including phenoxy) is 2. The highest BCUT2D eigenvalue weighted by atomic mass is 16.6. The smallest absolute Gasteiger partial charge is 0.303 e. The Kier molecular flexibility index (Phi) is 5.82. The summed E-state index contributed by atoms with van der Waals surface area (Å²) in [4.78, 5) is 21.1. The van der Waals surface area contributed by atoms with Gasteiger partial charge < -0.3 is 19.7 Å². The maximum absolute atomic E-state index is 10.6. The molecule has 2 N–H and O–H groups in total. The van der Waals surface area contributed by atoms with Gasteiger partial charge in [0.1, 0.15) is 0 Å². The second-order valence-corrected chi connectivity index (χ2v) is 2.66. The molecule has 0 aliphatic heterocycles. The van der Waals surface area contributed by atoms with E-state index in [0.29, 0.717) is 0 Å². The lowest BCUT2D eigenvalue weighted by atomic mass is 10.2. The summed E-state index contributed by atoms with van der Waals surface area (Å²) in [7, 11) is 0.